The van der Waals surface area contributed by atoms with Gasteiger partial charge < -0.3 is 5.11 Å². The van der Waals surface area contributed by atoms with Crippen molar-refractivity contribution < 1.29 is 5.11 Å². The van der Waals surface area contributed by atoms with Crippen molar-refractivity contribution in [2.24, 2.45) is 29.1 Å². The van der Waals surface area contributed by atoms with Crippen LogP contribution in [0.15, 0.2) is 0 Å². The molecule has 2 fully saturated rings. The molecule has 1 N–H and O–H groups in total. The van der Waals surface area contributed by atoms with Crippen LogP contribution in [0.2, 0.25) is 0 Å². The average molecular weight is 311 g/mol. The number of hydrogen-bond acceptors (Lipinski definition) is 1. The molecule has 2 saturated carbocycles. The predicted molar refractivity (Wildman–Crippen MR) is 98.0 cm³/mol. The van der Waals surface area contributed by atoms with Crippen molar-refractivity contribution in [2.45, 2.75) is 105 Å². The van der Waals surface area contributed by atoms with E-state index in [9.17, 15) is 5.11 Å². The van der Waals surface area contributed by atoms with E-state index in [1.54, 1.807) is 0 Å². The molecule has 0 unspecified atom stereocenters. The van der Waals surface area contributed by atoms with Crippen LogP contribution in [-0.2, 0) is 0 Å². The molecule has 1 nitrogen and oxygen atoms in total. The lowest BCUT2D eigenvalue weighted by Crippen LogP contribution is -2.31. The van der Waals surface area contributed by atoms with Gasteiger partial charge in [0.2, 0.25) is 0 Å². The Morgan fingerprint density at radius 1 is 0.682 bits per heavy atom. The lowest BCUT2D eigenvalue weighted by atomic mass is 9.70. The SMILES string of the molecule is CC(C)C1CCC(C)(C)CC1.CC(C)C1CCC(C)(O)CC1. The van der Waals surface area contributed by atoms with Gasteiger partial charge in [0.1, 0.15) is 0 Å². The molecular formula is C21H42O. The summed E-state index contributed by atoms with van der Waals surface area (Å²) < 4.78 is 0. The number of aliphatic hydroxyl groups is 1. The van der Waals surface area contributed by atoms with Gasteiger partial charge in [-0.15, -0.1) is 0 Å². The zero-order valence-corrected chi connectivity index (χ0v) is 16.4. The molecule has 0 amide bonds. The fourth-order valence-corrected chi connectivity index (χ4v) is 4.02. The van der Waals surface area contributed by atoms with Gasteiger partial charge >= 0.3 is 0 Å². The Bertz CT molecular complexity index is 262. The van der Waals surface area contributed by atoms with E-state index in [4.69, 9.17) is 0 Å². The minimum absolute atomic E-state index is 0.356. The van der Waals surface area contributed by atoms with Crippen molar-refractivity contribution >= 4 is 0 Å². The van der Waals surface area contributed by atoms with Gasteiger partial charge in [-0.1, -0.05) is 41.5 Å². The largest absolute Gasteiger partial charge is 0.390 e. The summed E-state index contributed by atoms with van der Waals surface area (Å²) >= 11 is 0. The maximum Gasteiger partial charge on any atom is 0.0620 e. The predicted octanol–water partition coefficient (Wildman–Crippen LogP) is 6.44. The van der Waals surface area contributed by atoms with E-state index in [1.807, 2.05) is 6.92 Å². The van der Waals surface area contributed by atoms with Crippen LogP contribution in [0.3, 0.4) is 0 Å². The summed E-state index contributed by atoms with van der Waals surface area (Å²) in [5, 5.41) is 9.67. The van der Waals surface area contributed by atoms with Crippen molar-refractivity contribution in [1.29, 1.82) is 0 Å². The Balaban J connectivity index is 0.000000220. The van der Waals surface area contributed by atoms with Crippen LogP contribution in [0.5, 0.6) is 0 Å². The van der Waals surface area contributed by atoms with E-state index < -0.39 is 0 Å². The summed E-state index contributed by atoms with van der Waals surface area (Å²) in [5.41, 5.74) is 0.288. The molecule has 0 aliphatic heterocycles. The van der Waals surface area contributed by atoms with Gasteiger partial charge in [-0.2, -0.15) is 0 Å². The molecule has 0 aromatic carbocycles. The molecule has 2 rings (SSSR count). The van der Waals surface area contributed by atoms with Crippen molar-refractivity contribution in [3.63, 3.8) is 0 Å². The van der Waals surface area contributed by atoms with E-state index in [0.717, 1.165) is 36.5 Å². The molecule has 0 aromatic rings. The second-order valence-electron chi connectivity index (χ2n) is 9.82. The minimum Gasteiger partial charge on any atom is -0.390 e. The van der Waals surface area contributed by atoms with E-state index in [-0.39, 0.29) is 5.60 Å². The Kier molecular flexibility index (Phi) is 7.43. The van der Waals surface area contributed by atoms with Crippen LogP contribution in [0.4, 0.5) is 0 Å². The average Bonchev–Trinajstić information content (AvgIpc) is 2.38. The third kappa shape index (κ3) is 7.02. The molecule has 0 bridgehead atoms. The number of hydrogen-bond donors (Lipinski definition) is 1. The first kappa shape index (κ1) is 20.0. The lowest BCUT2D eigenvalue weighted by molar-refractivity contribution is 0.00161. The number of rotatable bonds is 2. The van der Waals surface area contributed by atoms with Crippen molar-refractivity contribution in [2.75, 3.05) is 0 Å². The summed E-state index contributed by atoms with van der Waals surface area (Å²) in [4.78, 5) is 0. The third-order valence-corrected chi connectivity index (χ3v) is 6.38. The normalized spacial score (nSPS) is 32.7. The van der Waals surface area contributed by atoms with Crippen LogP contribution in [0.1, 0.15) is 99.8 Å². The second kappa shape index (κ2) is 8.18. The first-order chi connectivity index (χ1) is 10.0. The highest BCUT2D eigenvalue weighted by molar-refractivity contribution is 4.82. The maximum atomic E-state index is 9.67. The highest BCUT2D eigenvalue weighted by Gasteiger charge is 2.29. The molecule has 0 atom stereocenters. The fraction of sp³-hybridized carbons (Fsp3) is 1.00. The van der Waals surface area contributed by atoms with Gasteiger partial charge in [0.25, 0.3) is 0 Å². The molecule has 2 aliphatic carbocycles. The Labute approximate surface area is 140 Å². The quantitative estimate of drug-likeness (QED) is 0.622. The van der Waals surface area contributed by atoms with Crippen LogP contribution in [0.25, 0.3) is 0 Å². The summed E-state index contributed by atoms with van der Waals surface area (Å²) in [7, 11) is 0. The standard InChI is InChI=1S/C11H22.C10H20O/c1-9(2)10-5-7-11(3,4)8-6-10;1-8(2)9-4-6-10(3,11)7-5-9/h9-10H,5-8H2,1-4H3;8-9,11H,4-7H2,1-3H3. The molecule has 0 aromatic heterocycles. The zero-order chi connectivity index (χ0) is 17.0. The Hall–Kier alpha value is -0.0400. The molecule has 0 saturated heterocycles. The minimum atomic E-state index is -0.356. The van der Waals surface area contributed by atoms with Gasteiger partial charge in [0.05, 0.1) is 5.60 Å². The van der Waals surface area contributed by atoms with Crippen LogP contribution < -0.4 is 0 Å². The summed E-state index contributed by atoms with van der Waals surface area (Å²) in [6.45, 7) is 16.1. The van der Waals surface area contributed by atoms with Crippen LogP contribution in [0, 0.1) is 29.1 Å². The molecule has 0 spiro atoms. The Morgan fingerprint density at radius 3 is 1.32 bits per heavy atom. The van der Waals surface area contributed by atoms with Crippen molar-refractivity contribution in [1.82, 2.24) is 0 Å². The monoisotopic (exact) mass is 310 g/mol. The molecule has 1 heteroatoms. The van der Waals surface area contributed by atoms with Gasteiger partial charge in [-0.05, 0) is 87.4 Å². The molecule has 2 aliphatic rings. The maximum absolute atomic E-state index is 9.67. The highest BCUT2D eigenvalue weighted by Crippen LogP contribution is 2.40. The van der Waals surface area contributed by atoms with Gasteiger partial charge in [0, 0.05) is 0 Å². The smallest absolute Gasteiger partial charge is 0.0620 e. The van der Waals surface area contributed by atoms with Gasteiger partial charge in [-0.3, -0.25) is 0 Å². The Morgan fingerprint density at radius 2 is 1.00 bits per heavy atom. The first-order valence-electron chi connectivity index (χ1n) is 9.75. The van der Waals surface area contributed by atoms with Crippen molar-refractivity contribution in [3.8, 4) is 0 Å². The summed E-state index contributed by atoms with van der Waals surface area (Å²) in [5.74, 6) is 3.58. The molecule has 0 heterocycles. The molecule has 0 radical (unpaired) electrons. The van der Waals surface area contributed by atoms with E-state index in [1.165, 1.54) is 38.5 Å². The van der Waals surface area contributed by atoms with Gasteiger partial charge in [0.15, 0.2) is 0 Å². The summed E-state index contributed by atoms with van der Waals surface area (Å²) in [6, 6.07) is 0. The second-order valence-corrected chi connectivity index (χ2v) is 9.82. The van der Waals surface area contributed by atoms with E-state index in [2.05, 4.69) is 41.5 Å². The van der Waals surface area contributed by atoms with E-state index in [0.29, 0.717) is 5.41 Å². The topological polar surface area (TPSA) is 20.2 Å². The highest BCUT2D eigenvalue weighted by atomic mass is 16.3. The van der Waals surface area contributed by atoms with Crippen LogP contribution >= 0.6 is 0 Å². The van der Waals surface area contributed by atoms with Gasteiger partial charge in [-0.25, -0.2) is 0 Å². The molecule has 22 heavy (non-hydrogen) atoms. The van der Waals surface area contributed by atoms with Crippen LogP contribution in [-0.4, -0.2) is 10.7 Å². The molecular weight excluding hydrogens is 268 g/mol. The first-order valence-corrected chi connectivity index (χ1v) is 9.75. The fourth-order valence-electron chi connectivity index (χ4n) is 4.02. The molecule has 132 valence electrons. The van der Waals surface area contributed by atoms with E-state index >= 15 is 0 Å². The zero-order valence-electron chi connectivity index (χ0n) is 16.4. The third-order valence-electron chi connectivity index (χ3n) is 6.38. The summed E-state index contributed by atoms with van der Waals surface area (Å²) in [6.07, 6.45) is 10.2. The van der Waals surface area contributed by atoms with Crippen molar-refractivity contribution in [3.05, 3.63) is 0 Å². The lowest BCUT2D eigenvalue weighted by Gasteiger charge is -2.36.